The summed E-state index contributed by atoms with van der Waals surface area (Å²) in [6.45, 7) is 6.48. The van der Waals surface area contributed by atoms with Crippen LogP contribution in [0.2, 0.25) is 25.1 Å². The third-order valence-electron chi connectivity index (χ3n) is 11.5. The standard InChI is InChI=1S/C45H39Cl5N12O3S2/c46-30-3-1-4-31(47)38(30)61-24-66-40-28(42(61)63)21-53-44(56-40)55-26-7-9-36(59-17-13-52-14-18-59)37(19-26)65-23-60(27-8-10-35(34(50)20-27)58-15-11-51-12-16-58)45-54-22-29-41(57-45)67-25-62(43(29)64)39-32(48)5-2-6-33(39)49/h1-10,19-22,51-52H,11-18,23-25H2,(H,53,55,56). The van der Waals surface area contributed by atoms with Gasteiger partial charge in [0.05, 0.1) is 70.7 Å². The van der Waals surface area contributed by atoms with E-state index in [0.29, 0.717) is 86.7 Å². The van der Waals surface area contributed by atoms with E-state index in [-0.39, 0.29) is 30.3 Å². The molecule has 0 spiro atoms. The summed E-state index contributed by atoms with van der Waals surface area (Å²) in [4.78, 5) is 56.0. The summed E-state index contributed by atoms with van der Waals surface area (Å²) in [5.74, 6) is 1.07. The molecule has 15 nitrogen and oxygen atoms in total. The highest BCUT2D eigenvalue weighted by Gasteiger charge is 2.33. The van der Waals surface area contributed by atoms with Crippen molar-refractivity contribution in [2.24, 2.45) is 0 Å². The van der Waals surface area contributed by atoms with Gasteiger partial charge in [0.1, 0.15) is 15.8 Å². The molecule has 0 radical (unpaired) electrons. The van der Waals surface area contributed by atoms with Crippen LogP contribution in [0.1, 0.15) is 20.7 Å². The summed E-state index contributed by atoms with van der Waals surface area (Å²) in [5, 5.41) is 13.2. The zero-order valence-electron chi connectivity index (χ0n) is 35.3. The fourth-order valence-electron chi connectivity index (χ4n) is 8.12. The number of benzene rings is 4. The van der Waals surface area contributed by atoms with Crippen LogP contribution in [0.4, 0.5) is 46.0 Å². The van der Waals surface area contributed by atoms with E-state index in [0.717, 1.165) is 63.7 Å². The topological polar surface area (TPSA) is 147 Å². The van der Waals surface area contributed by atoms with E-state index in [4.69, 9.17) is 77.7 Å². The van der Waals surface area contributed by atoms with Crippen molar-refractivity contribution >= 4 is 139 Å². The second-order valence-electron chi connectivity index (χ2n) is 15.6. The van der Waals surface area contributed by atoms with Gasteiger partial charge in [-0.3, -0.25) is 24.3 Å². The molecule has 4 aliphatic heterocycles. The van der Waals surface area contributed by atoms with Gasteiger partial charge in [0.25, 0.3) is 11.8 Å². The highest BCUT2D eigenvalue weighted by atomic mass is 35.5. The first-order valence-electron chi connectivity index (χ1n) is 21.1. The van der Waals surface area contributed by atoms with E-state index < -0.39 is 0 Å². The van der Waals surface area contributed by atoms with Crippen molar-refractivity contribution in [3.63, 3.8) is 0 Å². The molecule has 3 N–H and O–H groups in total. The number of fused-ring (bicyclic) bond motifs is 2. The molecule has 0 aliphatic carbocycles. The summed E-state index contributed by atoms with van der Waals surface area (Å²) in [6.07, 6.45) is 3.03. The minimum atomic E-state index is -0.316. The van der Waals surface area contributed by atoms with E-state index in [9.17, 15) is 9.59 Å². The molecule has 0 unspecified atom stereocenters. The molecule has 0 bridgehead atoms. The Bertz CT molecular complexity index is 2850. The van der Waals surface area contributed by atoms with Crippen LogP contribution in [0, 0.1) is 0 Å². The molecule has 4 aliphatic rings. The van der Waals surface area contributed by atoms with Crippen molar-refractivity contribution in [2.75, 3.05) is 101 Å². The number of thioether (sulfide) groups is 2. The minimum Gasteiger partial charge on any atom is -0.470 e. The Labute approximate surface area is 419 Å². The van der Waals surface area contributed by atoms with E-state index in [1.165, 1.54) is 45.7 Å². The first-order valence-corrected chi connectivity index (χ1v) is 25.0. The number of rotatable bonds is 11. The quantitative estimate of drug-likeness (QED) is 0.0835. The van der Waals surface area contributed by atoms with Crippen LogP contribution in [-0.2, 0) is 0 Å². The number of para-hydroxylation sites is 2. The van der Waals surface area contributed by atoms with Gasteiger partial charge >= 0.3 is 0 Å². The number of hydrogen-bond acceptors (Lipinski definition) is 15. The van der Waals surface area contributed by atoms with Crippen molar-refractivity contribution in [3.8, 4) is 5.75 Å². The first-order chi connectivity index (χ1) is 32.6. The lowest BCUT2D eigenvalue weighted by Gasteiger charge is -2.33. The highest BCUT2D eigenvalue weighted by Crippen LogP contribution is 2.43. The summed E-state index contributed by atoms with van der Waals surface area (Å²) in [5.41, 5.74) is 4.68. The number of carbonyl (C=O) groups is 2. The van der Waals surface area contributed by atoms with Gasteiger partial charge in [-0.05, 0) is 54.6 Å². The van der Waals surface area contributed by atoms with Crippen LogP contribution in [0.15, 0.2) is 95.2 Å². The number of amides is 2. The molecule has 2 aromatic heterocycles. The smallest absolute Gasteiger partial charge is 0.263 e. The van der Waals surface area contributed by atoms with Gasteiger partial charge in [-0.1, -0.05) is 93.7 Å². The summed E-state index contributed by atoms with van der Waals surface area (Å²) in [6, 6.07) is 22.0. The minimum absolute atomic E-state index is 0.0371. The molecule has 2 saturated heterocycles. The monoisotopic (exact) mass is 1030 g/mol. The fourth-order valence-corrected chi connectivity index (χ4v) is 11.5. The van der Waals surface area contributed by atoms with Crippen LogP contribution < -0.4 is 45.2 Å². The third kappa shape index (κ3) is 9.45. The SMILES string of the molecule is O=C1c2cnc(Nc3ccc(N4CCNCC4)c(OCN(c4ccc(N5CCNCC5)c(Cl)c4)c4ncc5c(n4)SCN(c4c(Cl)cccc4Cl)C5=O)c3)nc2SCN1c1c(Cl)cccc1Cl. The maximum absolute atomic E-state index is 13.9. The lowest BCUT2D eigenvalue weighted by molar-refractivity contribution is 0.0978. The number of piperazine rings is 2. The van der Waals surface area contributed by atoms with Crippen molar-refractivity contribution < 1.29 is 14.3 Å². The number of hydrogen-bond donors (Lipinski definition) is 3. The maximum Gasteiger partial charge on any atom is 0.263 e. The fraction of sp³-hybridized carbons (Fsp3) is 0.244. The van der Waals surface area contributed by atoms with Crippen molar-refractivity contribution in [2.45, 2.75) is 10.1 Å². The number of nitrogens with one attached hydrogen (secondary N) is 3. The zero-order chi connectivity index (χ0) is 46.2. The van der Waals surface area contributed by atoms with Crippen LogP contribution in [-0.4, -0.2) is 103 Å². The molecule has 344 valence electrons. The van der Waals surface area contributed by atoms with E-state index >= 15 is 0 Å². The Hall–Kier alpha value is -4.95. The summed E-state index contributed by atoms with van der Waals surface area (Å²) >= 11 is 35.8. The Morgan fingerprint density at radius 3 is 1.76 bits per heavy atom. The number of nitrogens with zero attached hydrogens (tertiary/aromatic N) is 9. The van der Waals surface area contributed by atoms with E-state index in [1.807, 2.05) is 41.3 Å². The second-order valence-corrected chi connectivity index (χ2v) is 19.5. The van der Waals surface area contributed by atoms with E-state index in [1.54, 1.807) is 36.4 Å². The molecule has 0 atom stereocenters. The Morgan fingerprint density at radius 2 is 1.18 bits per heavy atom. The predicted molar refractivity (Wildman–Crippen MR) is 271 cm³/mol. The lowest BCUT2D eigenvalue weighted by atomic mass is 10.2. The molecule has 6 heterocycles. The van der Waals surface area contributed by atoms with Gasteiger partial charge in [0.15, 0.2) is 6.73 Å². The molecule has 67 heavy (non-hydrogen) atoms. The lowest BCUT2D eigenvalue weighted by Crippen LogP contribution is -2.43. The number of anilines is 8. The molecule has 6 aromatic rings. The molecular weight excluding hydrogens is 998 g/mol. The van der Waals surface area contributed by atoms with Gasteiger partial charge in [0, 0.05) is 82.2 Å². The van der Waals surface area contributed by atoms with Gasteiger partial charge in [-0.25, -0.2) is 19.9 Å². The van der Waals surface area contributed by atoms with Crippen LogP contribution in [0.5, 0.6) is 5.75 Å². The number of ether oxygens (including phenoxy) is 1. The maximum atomic E-state index is 13.9. The molecule has 22 heteroatoms. The average Bonchev–Trinajstić information content (AvgIpc) is 3.33. The molecular formula is C45H39Cl5N12O3S2. The molecule has 0 saturated carbocycles. The zero-order valence-corrected chi connectivity index (χ0v) is 40.7. The molecule has 2 fully saturated rings. The predicted octanol–water partition coefficient (Wildman–Crippen LogP) is 9.69. The van der Waals surface area contributed by atoms with Gasteiger partial charge in [-0.15, -0.1) is 0 Å². The molecule has 4 aromatic carbocycles. The Balaban J connectivity index is 0.956. The highest BCUT2D eigenvalue weighted by molar-refractivity contribution is 7.99. The number of carbonyl (C=O) groups excluding carboxylic acids is 2. The molecule has 10 rings (SSSR count). The van der Waals surface area contributed by atoms with Crippen molar-refractivity contribution in [1.82, 2.24) is 30.6 Å². The van der Waals surface area contributed by atoms with Crippen molar-refractivity contribution in [3.05, 3.63) is 121 Å². The number of halogens is 5. The summed E-state index contributed by atoms with van der Waals surface area (Å²) < 4.78 is 6.82. The van der Waals surface area contributed by atoms with E-state index in [2.05, 4.69) is 30.7 Å². The van der Waals surface area contributed by atoms with Crippen LogP contribution >= 0.6 is 81.5 Å². The third-order valence-corrected chi connectivity index (χ3v) is 15.0. The Morgan fingerprint density at radius 1 is 0.642 bits per heavy atom. The van der Waals surface area contributed by atoms with Gasteiger partial charge in [0.2, 0.25) is 11.9 Å². The normalized spacial score (nSPS) is 16.2. The van der Waals surface area contributed by atoms with Crippen LogP contribution in [0.25, 0.3) is 0 Å². The molecule has 2 amide bonds. The first kappa shape index (κ1) is 45.8. The van der Waals surface area contributed by atoms with Gasteiger partial charge < -0.3 is 30.5 Å². The van der Waals surface area contributed by atoms with Crippen LogP contribution in [0.3, 0.4) is 0 Å². The summed E-state index contributed by atoms with van der Waals surface area (Å²) in [7, 11) is 0. The largest absolute Gasteiger partial charge is 0.470 e. The Kier molecular flexibility index (Phi) is 13.6. The van der Waals surface area contributed by atoms with Crippen molar-refractivity contribution in [1.29, 1.82) is 0 Å². The number of aromatic nitrogens is 4. The average molecular weight is 1040 g/mol. The van der Waals surface area contributed by atoms with Gasteiger partial charge in [-0.2, -0.15) is 0 Å². The second kappa shape index (κ2) is 19.9.